The van der Waals surface area contributed by atoms with Crippen LogP contribution < -0.4 is 10.6 Å². The molecular weight excluding hydrogens is 178 g/mol. The normalized spacial score (nSPS) is 15.1. The molecule has 0 aromatic carbocycles. The van der Waals surface area contributed by atoms with Gasteiger partial charge in [0.25, 0.3) is 0 Å². The van der Waals surface area contributed by atoms with Crippen LogP contribution in [0.2, 0.25) is 0 Å². The van der Waals surface area contributed by atoms with Crippen molar-refractivity contribution in [1.82, 2.24) is 10.6 Å². The smallest absolute Gasteiger partial charge is 0.316 e. The molecule has 0 aliphatic heterocycles. The lowest BCUT2D eigenvalue weighted by Crippen LogP contribution is -2.53. The number of urea groups is 1. The summed E-state index contributed by atoms with van der Waals surface area (Å²) in [5, 5.41) is 14.2. The van der Waals surface area contributed by atoms with Gasteiger partial charge in [0.2, 0.25) is 0 Å². The highest BCUT2D eigenvalue weighted by Gasteiger charge is 2.25. The first-order valence-corrected chi connectivity index (χ1v) is 4.74. The standard InChI is InChI=1S/C10H19N3O/c1-6-10(5,7-11)13-8(14)12-9(2,3)4/h6H2,1-5H3,(H2,12,13,14). The van der Waals surface area contributed by atoms with Gasteiger partial charge in [-0.15, -0.1) is 0 Å². The van der Waals surface area contributed by atoms with Crippen molar-refractivity contribution in [3.8, 4) is 6.07 Å². The molecule has 0 saturated heterocycles. The molecule has 0 bridgehead atoms. The zero-order chi connectivity index (χ0) is 11.4. The lowest BCUT2D eigenvalue weighted by molar-refractivity contribution is 0.224. The van der Waals surface area contributed by atoms with Crippen LogP contribution in [0.5, 0.6) is 0 Å². The maximum absolute atomic E-state index is 11.4. The number of rotatable bonds is 2. The summed E-state index contributed by atoms with van der Waals surface area (Å²) < 4.78 is 0. The molecule has 0 aromatic heterocycles. The van der Waals surface area contributed by atoms with Crippen molar-refractivity contribution in [3.63, 3.8) is 0 Å². The summed E-state index contributed by atoms with van der Waals surface area (Å²) >= 11 is 0. The lowest BCUT2D eigenvalue weighted by Gasteiger charge is -2.26. The Bertz CT molecular complexity index is 249. The third-order valence-corrected chi connectivity index (χ3v) is 1.83. The Kier molecular flexibility index (Phi) is 3.93. The Labute approximate surface area is 85.7 Å². The van der Waals surface area contributed by atoms with Gasteiger partial charge in [0, 0.05) is 5.54 Å². The van der Waals surface area contributed by atoms with Gasteiger partial charge in [-0.1, -0.05) is 6.92 Å². The van der Waals surface area contributed by atoms with Gasteiger partial charge in [0.15, 0.2) is 0 Å². The first kappa shape index (κ1) is 12.8. The Morgan fingerprint density at radius 2 is 1.79 bits per heavy atom. The van der Waals surface area contributed by atoms with E-state index in [9.17, 15) is 4.79 Å². The van der Waals surface area contributed by atoms with E-state index in [0.717, 1.165) is 0 Å². The van der Waals surface area contributed by atoms with Crippen molar-refractivity contribution >= 4 is 6.03 Å². The number of carbonyl (C=O) groups is 1. The van der Waals surface area contributed by atoms with E-state index < -0.39 is 5.54 Å². The van der Waals surface area contributed by atoms with E-state index in [1.54, 1.807) is 6.92 Å². The van der Waals surface area contributed by atoms with Crippen LogP contribution >= 0.6 is 0 Å². The molecule has 0 spiro atoms. The van der Waals surface area contributed by atoms with E-state index in [0.29, 0.717) is 6.42 Å². The molecule has 0 heterocycles. The zero-order valence-electron chi connectivity index (χ0n) is 9.56. The Morgan fingerprint density at radius 1 is 1.29 bits per heavy atom. The topological polar surface area (TPSA) is 64.9 Å². The molecule has 1 unspecified atom stereocenters. The Morgan fingerprint density at radius 3 is 2.07 bits per heavy atom. The number of nitriles is 1. The molecule has 0 fully saturated rings. The fraction of sp³-hybridized carbons (Fsp3) is 0.800. The maximum atomic E-state index is 11.4. The summed E-state index contributed by atoms with van der Waals surface area (Å²) in [6, 6.07) is 1.77. The van der Waals surface area contributed by atoms with Crippen molar-refractivity contribution in [2.75, 3.05) is 0 Å². The van der Waals surface area contributed by atoms with Gasteiger partial charge in [0.05, 0.1) is 6.07 Å². The predicted molar refractivity (Wildman–Crippen MR) is 55.7 cm³/mol. The second-order valence-corrected chi connectivity index (χ2v) is 4.63. The number of hydrogen-bond acceptors (Lipinski definition) is 2. The van der Waals surface area contributed by atoms with Crippen LogP contribution in [0.1, 0.15) is 41.0 Å². The molecule has 2 N–H and O–H groups in total. The lowest BCUT2D eigenvalue weighted by atomic mass is 10.0. The van der Waals surface area contributed by atoms with E-state index in [-0.39, 0.29) is 11.6 Å². The van der Waals surface area contributed by atoms with Gasteiger partial charge in [-0.3, -0.25) is 0 Å². The van der Waals surface area contributed by atoms with Crippen LogP contribution in [0.4, 0.5) is 4.79 Å². The average molecular weight is 197 g/mol. The van der Waals surface area contributed by atoms with E-state index in [1.807, 2.05) is 27.7 Å². The highest BCUT2D eigenvalue weighted by atomic mass is 16.2. The van der Waals surface area contributed by atoms with Gasteiger partial charge >= 0.3 is 6.03 Å². The first-order valence-electron chi connectivity index (χ1n) is 4.74. The van der Waals surface area contributed by atoms with Crippen molar-refractivity contribution in [2.24, 2.45) is 0 Å². The summed E-state index contributed by atoms with van der Waals surface area (Å²) in [4.78, 5) is 11.4. The number of amides is 2. The molecule has 0 aliphatic carbocycles. The summed E-state index contributed by atoms with van der Waals surface area (Å²) in [7, 11) is 0. The molecule has 1 atom stereocenters. The van der Waals surface area contributed by atoms with E-state index in [2.05, 4.69) is 16.7 Å². The number of nitrogens with one attached hydrogen (secondary N) is 2. The number of carbonyl (C=O) groups excluding carboxylic acids is 1. The van der Waals surface area contributed by atoms with Crippen LogP contribution in [0, 0.1) is 11.3 Å². The quantitative estimate of drug-likeness (QED) is 0.708. The van der Waals surface area contributed by atoms with Crippen LogP contribution in [-0.2, 0) is 0 Å². The second kappa shape index (κ2) is 4.32. The largest absolute Gasteiger partial charge is 0.334 e. The van der Waals surface area contributed by atoms with Crippen molar-refractivity contribution in [3.05, 3.63) is 0 Å². The van der Waals surface area contributed by atoms with Crippen LogP contribution in [-0.4, -0.2) is 17.1 Å². The van der Waals surface area contributed by atoms with Gasteiger partial charge in [-0.05, 0) is 34.1 Å². The maximum Gasteiger partial charge on any atom is 0.316 e. The Hall–Kier alpha value is -1.24. The molecule has 0 rings (SSSR count). The van der Waals surface area contributed by atoms with Gasteiger partial charge in [0.1, 0.15) is 5.54 Å². The van der Waals surface area contributed by atoms with E-state index in [4.69, 9.17) is 5.26 Å². The first-order chi connectivity index (χ1) is 6.22. The van der Waals surface area contributed by atoms with Crippen LogP contribution in [0.15, 0.2) is 0 Å². The highest BCUT2D eigenvalue weighted by Crippen LogP contribution is 2.07. The average Bonchev–Trinajstić information content (AvgIpc) is 2.00. The van der Waals surface area contributed by atoms with E-state index >= 15 is 0 Å². The fourth-order valence-corrected chi connectivity index (χ4v) is 0.818. The SMILES string of the molecule is CCC(C)(C#N)NC(=O)NC(C)(C)C. The van der Waals surface area contributed by atoms with Crippen molar-refractivity contribution in [2.45, 2.75) is 52.1 Å². The molecule has 0 radical (unpaired) electrons. The monoisotopic (exact) mass is 197 g/mol. The summed E-state index contributed by atoms with van der Waals surface area (Å²) in [5.41, 5.74) is -1.07. The molecule has 4 nitrogen and oxygen atoms in total. The fourth-order valence-electron chi connectivity index (χ4n) is 0.818. The van der Waals surface area contributed by atoms with Gasteiger partial charge in [-0.2, -0.15) is 5.26 Å². The molecule has 4 heteroatoms. The number of hydrogen-bond donors (Lipinski definition) is 2. The van der Waals surface area contributed by atoms with E-state index in [1.165, 1.54) is 0 Å². The third kappa shape index (κ3) is 4.70. The molecule has 80 valence electrons. The van der Waals surface area contributed by atoms with Crippen molar-refractivity contribution < 1.29 is 4.79 Å². The third-order valence-electron chi connectivity index (χ3n) is 1.83. The van der Waals surface area contributed by atoms with Crippen LogP contribution in [0.25, 0.3) is 0 Å². The zero-order valence-corrected chi connectivity index (χ0v) is 9.56. The molecule has 0 saturated carbocycles. The minimum absolute atomic E-state index is 0.284. The van der Waals surface area contributed by atoms with Gasteiger partial charge < -0.3 is 10.6 Å². The Balaban J connectivity index is 4.27. The van der Waals surface area contributed by atoms with Crippen molar-refractivity contribution in [1.29, 1.82) is 5.26 Å². The number of nitrogens with zero attached hydrogens (tertiary/aromatic N) is 1. The summed E-state index contributed by atoms with van der Waals surface area (Å²) in [6.07, 6.45) is 0.584. The minimum Gasteiger partial charge on any atom is -0.334 e. The minimum atomic E-state index is -0.782. The van der Waals surface area contributed by atoms with Gasteiger partial charge in [-0.25, -0.2) is 4.79 Å². The molecule has 0 aliphatic rings. The predicted octanol–water partition coefficient (Wildman–Crippen LogP) is 1.78. The summed E-state index contributed by atoms with van der Waals surface area (Å²) in [6.45, 7) is 9.24. The second-order valence-electron chi connectivity index (χ2n) is 4.63. The molecular formula is C10H19N3O. The molecule has 2 amide bonds. The summed E-state index contributed by atoms with van der Waals surface area (Å²) in [5.74, 6) is 0. The molecule has 0 aromatic rings. The molecule has 14 heavy (non-hydrogen) atoms. The highest BCUT2D eigenvalue weighted by molar-refractivity contribution is 5.76. The van der Waals surface area contributed by atoms with Crippen LogP contribution in [0.3, 0.4) is 0 Å².